The molecule has 9 heteroatoms. The third-order valence-corrected chi connectivity index (χ3v) is 9.28. The summed E-state index contributed by atoms with van der Waals surface area (Å²) in [7, 11) is -4.02. The maximum absolute atomic E-state index is 13.9. The molecule has 0 saturated heterocycles. The van der Waals surface area contributed by atoms with Crippen LogP contribution in [0.2, 0.25) is 5.02 Å². The van der Waals surface area contributed by atoms with E-state index in [-0.39, 0.29) is 24.0 Å². The molecule has 1 fully saturated rings. The second kappa shape index (κ2) is 11.5. The third kappa shape index (κ3) is 6.35. The van der Waals surface area contributed by atoms with Gasteiger partial charge >= 0.3 is 5.97 Å². The molecule has 0 bridgehead atoms. The number of ether oxygens (including phenoxy) is 1. The van der Waals surface area contributed by atoms with Crippen LogP contribution in [0, 0.1) is 20.8 Å². The number of benzene rings is 3. The third-order valence-electron chi connectivity index (χ3n) is 6.93. The Morgan fingerprint density at radius 3 is 2.10 bits per heavy atom. The van der Waals surface area contributed by atoms with Gasteiger partial charge in [-0.2, -0.15) is 4.31 Å². The number of amides is 1. The van der Waals surface area contributed by atoms with Crippen molar-refractivity contribution in [2.75, 3.05) is 18.5 Å². The molecule has 1 N–H and O–H groups in total. The zero-order valence-corrected chi connectivity index (χ0v) is 24.2. The van der Waals surface area contributed by atoms with Crippen LogP contribution in [0.5, 0.6) is 0 Å². The Morgan fingerprint density at radius 2 is 1.56 bits per heavy atom. The van der Waals surface area contributed by atoms with E-state index in [2.05, 4.69) is 5.32 Å². The Labute approximate surface area is 235 Å². The average Bonchev–Trinajstić information content (AvgIpc) is 3.67. The van der Waals surface area contributed by atoms with Crippen LogP contribution in [0.3, 0.4) is 0 Å². The van der Waals surface area contributed by atoms with Gasteiger partial charge in [-0.1, -0.05) is 53.6 Å². The van der Waals surface area contributed by atoms with Gasteiger partial charge in [0, 0.05) is 17.3 Å². The summed E-state index contributed by atoms with van der Waals surface area (Å²) >= 11 is 6.02. The molecule has 7 nitrogen and oxygen atoms in total. The van der Waals surface area contributed by atoms with Gasteiger partial charge in [0.2, 0.25) is 15.9 Å². The van der Waals surface area contributed by atoms with E-state index < -0.39 is 21.3 Å². The fourth-order valence-corrected chi connectivity index (χ4v) is 6.88. The molecule has 0 unspecified atom stereocenters. The van der Waals surface area contributed by atoms with E-state index in [1.165, 1.54) is 4.31 Å². The molecule has 0 aromatic heterocycles. The quantitative estimate of drug-likeness (QED) is 0.317. The van der Waals surface area contributed by atoms with Gasteiger partial charge in [0.1, 0.15) is 0 Å². The van der Waals surface area contributed by atoms with Crippen LogP contribution in [-0.4, -0.2) is 37.8 Å². The van der Waals surface area contributed by atoms with Crippen LogP contribution in [0.1, 0.15) is 47.6 Å². The largest absolute Gasteiger partial charge is 0.465 e. The first-order valence-corrected chi connectivity index (χ1v) is 14.7. The van der Waals surface area contributed by atoms with Crippen LogP contribution in [0.25, 0.3) is 0 Å². The number of nitrogens with zero attached hydrogens (tertiary/aromatic N) is 1. The molecule has 4 rings (SSSR count). The molecule has 1 amide bonds. The van der Waals surface area contributed by atoms with Gasteiger partial charge in [0.05, 0.1) is 23.5 Å². The highest BCUT2D eigenvalue weighted by Crippen LogP contribution is 2.49. The van der Waals surface area contributed by atoms with Crippen LogP contribution in [-0.2, 0) is 36.3 Å². The van der Waals surface area contributed by atoms with Gasteiger partial charge in [-0.3, -0.25) is 9.59 Å². The number of nitrogens with one attached hydrogen (secondary N) is 1. The minimum atomic E-state index is -4.02. The summed E-state index contributed by atoms with van der Waals surface area (Å²) in [6.45, 7) is 7.16. The molecule has 0 aliphatic heterocycles. The zero-order chi connectivity index (χ0) is 28.4. The molecule has 0 heterocycles. The van der Waals surface area contributed by atoms with E-state index in [4.69, 9.17) is 16.3 Å². The van der Waals surface area contributed by atoms with Crippen LogP contribution in [0.15, 0.2) is 65.6 Å². The molecular formula is C30H33ClN2O5S. The number of carbonyl (C=O) groups excluding carboxylic acids is 2. The highest BCUT2D eigenvalue weighted by molar-refractivity contribution is 7.89. The summed E-state index contributed by atoms with van der Waals surface area (Å²) in [6, 6.07) is 17.6. The topological polar surface area (TPSA) is 92.8 Å². The SMILES string of the molecule is CCOC(=O)C1(c2ccc(NC(=O)CN(Cc3ccc(Cl)cc3)S(=O)(=O)c3c(C)cc(C)cc3C)cc2)CC1. The van der Waals surface area contributed by atoms with Gasteiger partial charge in [-0.05, 0) is 87.1 Å². The lowest BCUT2D eigenvalue weighted by Gasteiger charge is -2.24. The predicted octanol–water partition coefficient (Wildman–Crippen LogP) is 5.69. The number of sulfonamides is 1. The van der Waals surface area contributed by atoms with E-state index in [0.29, 0.717) is 34.0 Å². The number of esters is 1. The first kappa shape index (κ1) is 28.8. The van der Waals surface area contributed by atoms with Crippen molar-refractivity contribution in [1.29, 1.82) is 0 Å². The van der Waals surface area contributed by atoms with Gasteiger partial charge in [-0.25, -0.2) is 8.42 Å². The fourth-order valence-electron chi connectivity index (χ4n) is 4.96. The standard InChI is InChI=1S/C30H33ClN2O5S/c1-5-38-29(35)30(14-15-30)24-8-12-26(13-9-24)32-27(34)19-33(18-23-6-10-25(31)11-7-23)39(36,37)28-21(3)16-20(2)17-22(28)4/h6-13,16-17H,5,14-15,18-19H2,1-4H3,(H,32,34). The molecule has 1 aliphatic rings. The number of hydrogen-bond donors (Lipinski definition) is 1. The number of aryl methyl sites for hydroxylation is 3. The smallest absolute Gasteiger partial charge is 0.316 e. The van der Waals surface area contributed by atoms with Crippen molar-refractivity contribution >= 4 is 39.2 Å². The number of anilines is 1. The minimum Gasteiger partial charge on any atom is -0.465 e. The van der Waals surface area contributed by atoms with Gasteiger partial charge in [0.25, 0.3) is 0 Å². The maximum Gasteiger partial charge on any atom is 0.316 e. The Hall–Kier alpha value is -3.20. The normalized spacial score (nSPS) is 14.2. The van der Waals surface area contributed by atoms with Gasteiger partial charge in [0.15, 0.2) is 0 Å². The van der Waals surface area contributed by atoms with Crippen molar-refractivity contribution in [2.45, 2.75) is 57.4 Å². The van der Waals surface area contributed by atoms with Crippen molar-refractivity contribution < 1.29 is 22.7 Å². The van der Waals surface area contributed by atoms with Crippen LogP contribution < -0.4 is 5.32 Å². The molecule has 3 aromatic rings. The number of rotatable bonds is 10. The Morgan fingerprint density at radius 1 is 0.974 bits per heavy atom. The van der Waals surface area contributed by atoms with Crippen molar-refractivity contribution in [3.63, 3.8) is 0 Å². The molecule has 0 radical (unpaired) electrons. The highest BCUT2D eigenvalue weighted by Gasteiger charge is 2.52. The summed E-state index contributed by atoms with van der Waals surface area (Å²) in [6.07, 6.45) is 1.46. The second-order valence-electron chi connectivity index (χ2n) is 10.1. The lowest BCUT2D eigenvalue weighted by molar-refractivity contribution is -0.146. The average molecular weight is 569 g/mol. The Kier molecular flexibility index (Phi) is 8.49. The molecule has 1 aliphatic carbocycles. The Balaban J connectivity index is 1.56. The predicted molar refractivity (Wildman–Crippen MR) is 152 cm³/mol. The molecule has 206 valence electrons. The minimum absolute atomic E-state index is 0.000671. The molecule has 39 heavy (non-hydrogen) atoms. The van der Waals surface area contributed by atoms with Crippen molar-refractivity contribution in [3.8, 4) is 0 Å². The van der Waals surface area contributed by atoms with E-state index in [1.807, 2.05) is 19.1 Å². The van der Waals surface area contributed by atoms with Crippen LogP contribution >= 0.6 is 11.6 Å². The van der Waals surface area contributed by atoms with Gasteiger partial charge in [-0.15, -0.1) is 0 Å². The number of hydrogen-bond acceptors (Lipinski definition) is 5. The first-order valence-electron chi connectivity index (χ1n) is 12.9. The lowest BCUT2D eigenvalue weighted by Crippen LogP contribution is -2.38. The summed E-state index contributed by atoms with van der Waals surface area (Å²) < 4.78 is 34.2. The molecule has 3 aromatic carbocycles. The van der Waals surface area contributed by atoms with Crippen molar-refractivity contribution in [1.82, 2.24) is 4.31 Å². The van der Waals surface area contributed by atoms with Crippen molar-refractivity contribution in [3.05, 3.63) is 93.5 Å². The van der Waals surface area contributed by atoms with Crippen LogP contribution in [0.4, 0.5) is 5.69 Å². The van der Waals surface area contributed by atoms with Crippen molar-refractivity contribution in [2.24, 2.45) is 0 Å². The van der Waals surface area contributed by atoms with Gasteiger partial charge < -0.3 is 10.1 Å². The van der Waals surface area contributed by atoms with E-state index >= 15 is 0 Å². The summed E-state index contributed by atoms with van der Waals surface area (Å²) in [5.41, 5.74) is 3.67. The second-order valence-corrected chi connectivity index (χ2v) is 12.4. The zero-order valence-electron chi connectivity index (χ0n) is 22.6. The molecule has 1 saturated carbocycles. The highest BCUT2D eigenvalue weighted by atomic mass is 35.5. The fraction of sp³-hybridized carbons (Fsp3) is 0.333. The van der Waals surface area contributed by atoms with E-state index in [0.717, 1.165) is 24.0 Å². The lowest BCUT2D eigenvalue weighted by atomic mass is 9.96. The Bertz CT molecular complexity index is 1460. The number of carbonyl (C=O) groups is 2. The molecule has 0 atom stereocenters. The maximum atomic E-state index is 13.9. The monoisotopic (exact) mass is 568 g/mol. The summed E-state index contributed by atoms with van der Waals surface area (Å²) in [5, 5.41) is 3.34. The summed E-state index contributed by atoms with van der Waals surface area (Å²) in [5.74, 6) is -0.708. The van der Waals surface area contributed by atoms with E-state index in [9.17, 15) is 18.0 Å². The molecule has 0 spiro atoms. The number of halogens is 1. The first-order chi connectivity index (χ1) is 18.5. The molecular weight excluding hydrogens is 536 g/mol. The van der Waals surface area contributed by atoms with E-state index in [1.54, 1.807) is 69.3 Å². The summed E-state index contributed by atoms with van der Waals surface area (Å²) in [4.78, 5) is 25.7.